The lowest BCUT2D eigenvalue weighted by Gasteiger charge is -2.23. The molecule has 5 rings (SSSR count). The molecule has 2 N–H and O–H groups in total. The first-order valence-electron chi connectivity index (χ1n) is 9.81. The summed E-state index contributed by atoms with van der Waals surface area (Å²) in [5, 5.41) is 21.4. The number of carbonyl (C=O) groups excluding carboxylic acids is 2. The largest absolute Gasteiger partial charge is 0.507 e. The molecule has 0 saturated carbocycles. The average molecular weight is 417 g/mol. The van der Waals surface area contributed by atoms with Crippen LogP contribution in [0.2, 0.25) is 0 Å². The van der Waals surface area contributed by atoms with E-state index in [2.05, 4.69) is 0 Å². The highest BCUT2D eigenvalue weighted by molar-refractivity contribution is 6.11. The molecule has 2 heterocycles. The fourth-order valence-electron chi connectivity index (χ4n) is 4.09. The van der Waals surface area contributed by atoms with E-state index in [1.54, 1.807) is 48.5 Å². The molecule has 0 spiro atoms. The quantitative estimate of drug-likeness (QED) is 0.620. The number of carbonyl (C=O) groups is 2. The predicted octanol–water partition coefficient (Wildman–Crippen LogP) is 3.13. The summed E-state index contributed by atoms with van der Waals surface area (Å²) >= 11 is 0. The number of aliphatic hydroxyl groups is 1. The number of fused-ring (bicyclic) bond motifs is 2. The second-order valence-electron chi connectivity index (χ2n) is 7.57. The summed E-state index contributed by atoms with van der Waals surface area (Å²) in [6, 6.07) is 18.4. The van der Waals surface area contributed by atoms with E-state index < -0.39 is 23.7 Å². The smallest absolute Gasteiger partial charge is 0.264 e. The van der Waals surface area contributed by atoms with Gasteiger partial charge in [-0.05, 0) is 35.9 Å². The monoisotopic (exact) mass is 417 g/mol. The second kappa shape index (κ2) is 7.14. The molecule has 2 aliphatic rings. The molecule has 0 radical (unpaired) electrons. The summed E-state index contributed by atoms with van der Waals surface area (Å²) in [4.78, 5) is 27.7. The Morgan fingerprint density at radius 1 is 1.00 bits per heavy atom. The van der Waals surface area contributed by atoms with E-state index >= 15 is 0 Å². The van der Waals surface area contributed by atoms with Crippen molar-refractivity contribution in [3.63, 3.8) is 0 Å². The van der Waals surface area contributed by atoms with Gasteiger partial charge < -0.3 is 24.6 Å². The zero-order valence-electron chi connectivity index (χ0n) is 16.4. The SMILES string of the molecule is O=C(C[C@]1(O)C(=O)N(Cc2ccc3c(c2)OCO3)c2ccccc21)c1ccccc1O. The van der Waals surface area contributed by atoms with Gasteiger partial charge in [-0.2, -0.15) is 0 Å². The molecule has 2 aliphatic heterocycles. The number of nitrogens with zero attached hydrogens (tertiary/aromatic N) is 1. The van der Waals surface area contributed by atoms with Gasteiger partial charge in [-0.25, -0.2) is 0 Å². The summed E-state index contributed by atoms with van der Waals surface area (Å²) in [6.07, 6.45) is -0.474. The van der Waals surface area contributed by atoms with Crippen molar-refractivity contribution in [2.24, 2.45) is 0 Å². The molecular weight excluding hydrogens is 398 g/mol. The molecule has 0 fully saturated rings. The molecule has 1 atom stereocenters. The fraction of sp³-hybridized carbons (Fsp3) is 0.167. The van der Waals surface area contributed by atoms with Gasteiger partial charge in [0.2, 0.25) is 6.79 Å². The van der Waals surface area contributed by atoms with E-state index in [4.69, 9.17) is 9.47 Å². The first-order chi connectivity index (χ1) is 15.0. The van der Waals surface area contributed by atoms with Crippen molar-refractivity contribution in [1.29, 1.82) is 0 Å². The summed E-state index contributed by atoms with van der Waals surface area (Å²) in [5.74, 6) is -0.0556. The number of ether oxygens (including phenoxy) is 2. The Morgan fingerprint density at radius 3 is 2.58 bits per heavy atom. The number of rotatable bonds is 5. The number of Topliss-reactive ketones (excluding diaryl/α,β-unsaturated/α-hetero) is 1. The molecule has 0 unspecified atom stereocenters. The zero-order chi connectivity index (χ0) is 21.6. The van der Waals surface area contributed by atoms with Crippen molar-refractivity contribution in [1.82, 2.24) is 0 Å². The van der Waals surface area contributed by atoms with Crippen LogP contribution in [0.1, 0.15) is 27.9 Å². The molecule has 156 valence electrons. The van der Waals surface area contributed by atoms with Gasteiger partial charge in [-0.3, -0.25) is 9.59 Å². The minimum Gasteiger partial charge on any atom is -0.507 e. The van der Waals surface area contributed by atoms with Gasteiger partial charge in [-0.1, -0.05) is 36.4 Å². The lowest BCUT2D eigenvalue weighted by molar-refractivity contribution is -0.136. The van der Waals surface area contributed by atoms with Crippen LogP contribution in [0.15, 0.2) is 66.7 Å². The van der Waals surface area contributed by atoms with E-state index in [0.717, 1.165) is 5.56 Å². The maximum absolute atomic E-state index is 13.4. The number of hydrogen-bond donors (Lipinski definition) is 2. The van der Waals surface area contributed by atoms with Crippen molar-refractivity contribution in [2.45, 2.75) is 18.6 Å². The Labute approximate surface area is 178 Å². The lowest BCUT2D eigenvalue weighted by Crippen LogP contribution is -2.41. The highest BCUT2D eigenvalue weighted by Crippen LogP contribution is 2.44. The Kier molecular flexibility index (Phi) is 4.41. The first-order valence-corrected chi connectivity index (χ1v) is 9.81. The summed E-state index contributed by atoms with van der Waals surface area (Å²) in [7, 11) is 0. The van der Waals surface area contributed by atoms with Crippen LogP contribution in [0.5, 0.6) is 17.2 Å². The predicted molar refractivity (Wildman–Crippen MR) is 111 cm³/mol. The van der Waals surface area contributed by atoms with Crippen LogP contribution in [0.25, 0.3) is 0 Å². The maximum atomic E-state index is 13.4. The van der Waals surface area contributed by atoms with Crippen molar-refractivity contribution in [3.05, 3.63) is 83.4 Å². The van der Waals surface area contributed by atoms with E-state index in [1.165, 1.54) is 17.0 Å². The van der Waals surface area contributed by atoms with Gasteiger partial charge in [-0.15, -0.1) is 0 Å². The highest BCUT2D eigenvalue weighted by Gasteiger charge is 2.51. The summed E-state index contributed by atoms with van der Waals surface area (Å²) in [5.41, 5.74) is -0.256. The molecule has 7 heteroatoms. The normalized spacial score (nSPS) is 18.9. The van der Waals surface area contributed by atoms with E-state index in [1.807, 2.05) is 6.07 Å². The minimum absolute atomic E-state index is 0.0652. The van der Waals surface area contributed by atoms with Crippen LogP contribution < -0.4 is 14.4 Å². The Balaban J connectivity index is 1.48. The molecule has 0 saturated heterocycles. The average Bonchev–Trinajstić information content (AvgIpc) is 3.31. The standard InChI is InChI=1S/C24H19NO6/c26-19-8-4-1-5-16(19)20(27)12-24(29)17-6-2-3-7-18(17)25(23(24)28)13-15-9-10-21-22(11-15)31-14-30-21/h1-11,26,29H,12-14H2/t24-/m1/s1. The molecule has 0 aromatic heterocycles. The number of hydrogen-bond acceptors (Lipinski definition) is 6. The van der Waals surface area contributed by atoms with Gasteiger partial charge in [0.1, 0.15) is 5.75 Å². The van der Waals surface area contributed by atoms with Crippen molar-refractivity contribution >= 4 is 17.4 Å². The topological polar surface area (TPSA) is 96.3 Å². The second-order valence-corrected chi connectivity index (χ2v) is 7.57. The molecule has 1 amide bonds. The van der Waals surface area contributed by atoms with Crippen molar-refractivity contribution in [2.75, 3.05) is 11.7 Å². The van der Waals surface area contributed by atoms with Crippen LogP contribution in [0.4, 0.5) is 5.69 Å². The Hall–Kier alpha value is -3.84. The summed E-state index contributed by atoms with van der Waals surface area (Å²) in [6.45, 7) is 0.345. The molecule has 0 aliphatic carbocycles. The molecule has 0 bridgehead atoms. The third kappa shape index (κ3) is 3.10. The number of phenolic OH excluding ortho intramolecular Hbond substituents is 1. The van der Waals surface area contributed by atoms with E-state index in [-0.39, 0.29) is 24.7 Å². The van der Waals surface area contributed by atoms with Gasteiger partial charge >= 0.3 is 0 Å². The number of aromatic hydroxyl groups is 1. The molecule has 7 nitrogen and oxygen atoms in total. The van der Waals surface area contributed by atoms with Crippen LogP contribution >= 0.6 is 0 Å². The van der Waals surface area contributed by atoms with E-state index in [9.17, 15) is 19.8 Å². The Morgan fingerprint density at radius 2 is 1.74 bits per heavy atom. The van der Waals surface area contributed by atoms with Crippen molar-refractivity contribution < 1.29 is 29.3 Å². The van der Waals surface area contributed by atoms with Gasteiger partial charge in [0.15, 0.2) is 22.9 Å². The van der Waals surface area contributed by atoms with Crippen LogP contribution in [0.3, 0.4) is 0 Å². The van der Waals surface area contributed by atoms with Crippen LogP contribution in [-0.2, 0) is 16.9 Å². The van der Waals surface area contributed by atoms with Gasteiger partial charge in [0.25, 0.3) is 5.91 Å². The molecule has 3 aromatic carbocycles. The minimum atomic E-state index is -2.02. The summed E-state index contributed by atoms with van der Waals surface area (Å²) < 4.78 is 10.7. The zero-order valence-corrected chi connectivity index (χ0v) is 16.4. The third-order valence-electron chi connectivity index (χ3n) is 5.64. The first kappa shape index (κ1) is 19.1. The molecular formula is C24H19NO6. The fourth-order valence-corrected chi connectivity index (χ4v) is 4.09. The van der Waals surface area contributed by atoms with Gasteiger partial charge in [0, 0.05) is 5.56 Å². The van der Waals surface area contributed by atoms with Gasteiger partial charge in [0.05, 0.1) is 24.2 Å². The third-order valence-corrected chi connectivity index (χ3v) is 5.64. The number of para-hydroxylation sites is 2. The molecule has 31 heavy (non-hydrogen) atoms. The number of anilines is 1. The van der Waals surface area contributed by atoms with Crippen LogP contribution in [0, 0.1) is 0 Å². The Bertz CT molecular complexity index is 1210. The highest BCUT2D eigenvalue weighted by atomic mass is 16.7. The number of amides is 1. The lowest BCUT2D eigenvalue weighted by atomic mass is 9.88. The number of ketones is 1. The maximum Gasteiger partial charge on any atom is 0.264 e. The van der Waals surface area contributed by atoms with Crippen LogP contribution in [-0.4, -0.2) is 28.7 Å². The van der Waals surface area contributed by atoms with Crippen molar-refractivity contribution in [3.8, 4) is 17.2 Å². The molecule has 3 aromatic rings. The number of benzene rings is 3. The number of phenols is 1. The van der Waals surface area contributed by atoms with E-state index in [0.29, 0.717) is 22.7 Å².